The number of H-pyrrole nitrogens is 1. The van der Waals surface area contributed by atoms with E-state index in [0.717, 1.165) is 49.3 Å². The molecule has 0 unspecified atom stereocenters. The molecule has 3 rings (SSSR count). The Morgan fingerprint density at radius 3 is 1.97 bits per heavy atom. The van der Waals surface area contributed by atoms with Gasteiger partial charge in [-0.2, -0.15) is 26.3 Å². The van der Waals surface area contributed by atoms with E-state index in [1.165, 1.54) is 0 Å². The minimum atomic E-state index is -5.08. The third kappa shape index (κ3) is 10.1. The molecule has 15 heteroatoms. The third-order valence-electron chi connectivity index (χ3n) is 4.82. The first-order chi connectivity index (χ1) is 16.5. The maximum absolute atomic E-state index is 12.5. The molecule has 1 aliphatic heterocycles. The summed E-state index contributed by atoms with van der Waals surface area (Å²) in [6, 6.07) is 5.73. The molecule has 0 radical (unpaired) electrons. The summed E-state index contributed by atoms with van der Waals surface area (Å²) in [7, 11) is 0. The van der Waals surface area contributed by atoms with Crippen molar-refractivity contribution in [2.75, 3.05) is 19.6 Å². The Labute approximate surface area is 201 Å². The number of piperidine rings is 1. The van der Waals surface area contributed by atoms with Crippen LogP contribution < -0.4 is 10.6 Å². The van der Waals surface area contributed by atoms with Crippen LogP contribution in [0, 0.1) is 5.92 Å². The van der Waals surface area contributed by atoms with E-state index >= 15 is 0 Å². The maximum atomic E-state index is 12.5. The molecule has 5 N–H and O–H groups in total. The van der Waals surface area contributed by atoms with Crippen LogP contribution in [-0.2, 0) is 9.59 Å². The summed E-state index contributed by atoms with van der Waals surface area (Å²) in [6.45, 7) is 7.03. The molecular weight excluding hydrogens is 502 g/mol. The number of para-hydroxylation sites is 1. The van der Waals surface area contributed by atoms with E-state index in [2.05, 4.69) is 34.4 Å². The van der Waals surface area contributed by atoms with Crippen molar-refractivity contribution in [2.24, 2.45) is 5.92 Å². The number of aromatic nitrogens is 2. The fourth-order valence-electron chi connectivity index (χ4n) is 2.93. The monoisotopic (exact) mass is 528 g/mol. The zero-order valence-electron chi connectivity index (χ0n) is 19.3. The van der Waals surface area contributed by atoms with E-state index in [1.54, 1.807) is 0 Å². The number of halogens is 6. The van der Waals surface area contributed by atoms with Crippen molar-refractivity contribution in [2.45, 2.75) is 45.0 Å². The fourth-order valence-corrected chi connectivity index (χ4v) is 2.93. The Morgan fingerprint density at radius 2 is 1.53 bits per heavy atom. The lowest BCUT2D eigenvalue weighted by Crippen LogP contribution is -2.36. The van der Waals surface area contributed by atoms with Crippen molar-refractivity contribution in [1.82, 2.24) is 20.6 Å². The molecule has 1 aliphatic rings. The van der Waals surface area contributed by atoms with Crippen LogP contribution in [0.3, 0.4) is 0 Å². The van der Waals surface area contributed by atoms with Gasteiger partial charge in [-0.05, 0) is 44.0 Å². The molecule has 1 saturated heterocycles. The lowest BCUT2D eigenvalue weighted by Gasteiger charge is -2.22. The normalized spacial score (nSPS) is 14.4. The molecule has 1 fully saturated rings. The van der Waals surface area contributed by atoms with Gasteiger partial charge in [0.15, 0.2) is 0 Å². The first-order valence-electron chi connectivity index (χ1n) is 10.6. The number of aromatic amines is 1. The molecule has 2 heterocycles. The largest absolute Gasteiger partial charge is 0.490 e. The van der Waals surface area contributed by atoms with Gasteiger partial charge >= 0.3 is 24.3 Å². The average molecular weight is 528 g/mol. The SMILES string of the molecule is CC(C)c1nc2c(C(=O)NCC3CCNCC3)cccc2[nH]1.O=C(O)C(F)(F)F.O=C(O)C(F)(F)F. The first-order valence-corrected chi connectivity index (χ1v) is 10.6. The highest BCUT2D eigenvalue weighted by molar-refractivity contribution is 6.04. The van der Waals surface area contributed by atoms with Gasteiger partial charge in [0.2, 0.25) is 0 Å². The number of carboxylic acid groups (broad SMARTS) is 2. The van der Waals surface area contributed by atoms with Crippen LogP contribution in [-0.4, -0.2) is 70.0 Å². The Balaban J connectivity index is 0.000000383. The number of imidazole rings is 1. The summed E-state index contributed by atoms with van der Waals surface area (Å²) in [6.07, 6.45) is -7.91. The van der Waals surface area contributed by atoms with Crippen LogP contribution in [0.4, 0.5) is 26.3 Å². The number of benzene rings is 1. The number of rotatable bonds is 4. The highest BCUT2D eigenvalue weighted by Gasteiger charge is 2.38. The van der Waals surface area contributed by atoms with Crippen LogP contribution in [0.1, 0.15) is 48.8 Å². The number of carbonyl (C=O) groups excluding carboxylic acids is 1. The third-order valence-corrected chi connectivity index (χ3v) is 4.82. The van der Waals surface area contributed by atoms with Gasteiger partial charge in [0.25, 0.3) is 5.91 Å². The molecule has 1 aromatic carbocycles. The summed E-state index contributed by atoms with van der Waals surface area (Å²) < 4.78 is 63.5. The van der Waals surface area contributed by atoms with Gasteiger partial charge in [0, 0.05) is 12.5 Å². The van der Waals surface area contributed by atoms with Gasteiger partial charge in [-0.1, -0.05) is 19.9 Å². The van der Waals surface area contributed by atoms with Crippen molar-refractivity contribution in [3.8, 4) is 0 Å². The highest BCUT2D eigenvalue weighted by atomic mass is 19.4. The summed E-state index contributed by atoms with van der Waals surface area (Å²) in [5.74, 6) is -3.72. The number of hydrogen-bond donors (Lipinski definition) is 5. The second-order valence-corrected chi connectivity index (χ2v) is 7.99. The summed E-state index contributed by atoms with van der Waals surface area (Å²) >= 11 is 0. The van der Waals surface area contributed by atoms with Crippen molar-refractivity contribution in [1.29, 1.82) is 0 Å². The number of alkyl halides is 6. The van der Waals surface area contributed by atoms with E-state index in [4.69, 9.17) is 19.8 Å². The molecule has 1 aromatic heterocycles. The average Bonchev–Trinajstić information content (AvgIpc) is 3.22. The molecule has 0 spiro atoms. The molecule has 36 heavy (non-hydrogen) atoms. The molecule has 2 aromatic rings. The second-order valence-electron chi connectivity index (χ2n) is 7.99. The quantitative estimate of drug-likeness (QED) is 0.381. The van der Waals surface area contributed by atoms with Crippen LogP contribution in [0.5, 0.6) is 0 Å². The predicted octanol–water partition coefficient (Wildman–Crippen LogP) is 3.68. The number of nitrogens with one attached hydrogen (secondary N) is 3. The Kier molecular flexibility index (Phi) is 11.2. The Morgan fingerprint density at radius 1 is 1.03 bits per heavy atom. The number of hydrogen-bond acceptors (Lipinski definition) is 5. The molecule has 0 saturated carbocycles. The van der Waals surface area contributed by atoms with Gasteiger partial charge in [0.1, 0.15) is 11.3 Å². The standard InChI is InChI=1S/C17H24N4O.2C2HF3O2/c1-11(2)16-20-14-5-3-4-13(15(14)21-16)17(22)19-10-12-6-8-18-9-7-12;2*3-2(4,5)1(6)7/h3-5,11-12,18H,6-10H2,1-2H3,(H,19,22)(H,20,21);2*(H,6,7). The Bertz CT molecular complexity index is 1010. The topological polar surface area (TPSA) is 144 Å². The smallest absolute Gasteiger partial charge is 0.475 e. The van der Waals surface area contributed by atoms with Crippen LogP contribution in [0.2, 0.25) is 0 Å². The second kappa shape index (κ2) is 13.1. The van der Waals surface area contributed by atoms with E-state index in [0.29, 0.717) is 17.4 Å². The zero-order chi connectivity index (χ0) is 27.7. The van der Waals surface area contributed by atoms with E-state index in [1.807, 2.05) is 18.2 Å². The van der Waals surface area contributed by atoms with E-state index < -0.39 is 24.3 Å². The molecule has 0 aliphatic carbocycles. The number of amides is 1. The van der Waals surface area contributed by atoms with Crippen LogP contribution >= 0.6 is 0 Å². The minimum Gasteiger partial charge on any atom is -0.475 e. The molecule has 0 bridgehead atoms. The molecule has 202 valence electrons. The lowest BCUT2D eigenvalue weighted by atomic mass is 9.98. The number of fused-ring (bicyclic) bond motifs is 1. The van der Waals surface area contributed by atoms with Crippen molar-refractivity contribution in [3.63, 3.8) is 0 Å². The number of carboxylic acids is 2. The summed E-state index contributed by atoms with van der Waals surface area (Å²) in [4.78, 5) is 38.2. The van der Waals surface area contributed by atoms with Gasteiger partial charge in [-0.3, -0.25) is 4.79 Å². The van der Waals surface area contributed by atoms with Gasteiger partial charge in [0.05, 0.1) is 11.1 Å². The van der Waals surface area contributed by atoms with Crippen LogP contribution in [0.15, 0.2) is 18.2 Å². The molecule has 1 amide bonds. The van der Waals surface area contributed by atoms with E-state index in [9.17, 15) is 31.1 Å². The molecule has 0 atom stereocenters. The number of aliphatic carboxylic acids is 2. The minimum absolute atomic E-state index is 0.0223. The first kappa shape index (κ1) is 30.7. The van der Waals surface area contributed by atoms with Gasteiger partial charge in [-0.15, -0.1) is 0 Å². The van der Waals surface area contributed by atoms with Gasteiger partial charge < -0.3 is 25.8 Å². The van der Waals surface area contributed by atoms with Crippen molar-refractivity contribution >= 4 is 28.9 Å². The van der Waals surface area contributed by atoms with Gasteiger partial charge in [-0.25, -0.2) is 14.6 Å². The predicted molar refractivity (Wildman–Crippen MR) is 115 cm³/mol. The maximum Gasteiger partial charge on any atom is 0.490 e. The lowest BCUT2D eigenvalue weighted by molar-refractivity contribution is -0.193. The number of carbonyl (C=O) groups is 3. The zero-order valence-corrected chi connectivity index (χ0v) is 19.3. The Hall–Kier alpha value is -3.36. The summed E-state index contributed by atoms with van der Waals surface area (Å²) in [5, 5.41) is 20.7. The molecular formula is C21H26F6N4O5. The van der Waals surface area contributed by atoms with Crippen molar-refractivity contribution < 1.29 is 50.9 Å². The van der Waals surface area contributed by atoms with Crippen molar-refractivity contribution in [3.05, 3.63) is 29.6 Å². The number of nitrogens with zero attached hydrogens (tertiary/aromatic N) is 1. The summed E-state index contributed by atoms with van der Waals surface area (Å²) in [5.41, 5.74) is 2.36. The highest BCUT2D eigenvalue weighted by Crippen LogP contribution is 2.21. The fraction of sp³-hybridized carbons (Fsp3) is 0.524. The van der Waals surface area contributed by atoms with Crippen LogP contribution in [0.25, 0.3) is 11.0 Å². The molecule has 9 nitrogen and oxygen atoms in total. The van der Waals surface area contributed by atoms with E-state index in [-0.39, 0.29) is 5.91 Å².